The molecule has 24 heavy (non-hydrogen) atoms. The summed E-state index contributed by atoms with van der Waals surface area (Å²) < 4.78 is 16.4. The van der Waals surface area contributed by atoms with E-state index in [0.717, 1.165) is 5.56 Å². The largest absolute Gasteiger partial charge is 0.484 e. The van der Waals surface area contributed by atoms with Crippen LogP contribution < -0.4 is 10.1 Å². The molecule has 1 amide bonds. The number of benzene rings is 1. The Morgan fingerprint density at radius 3 is 2.71 bits per heavy atom. The molecule has 2 fully saturated rings. The van der Waals surface area contributed by atoms with Crippen LogP contribution >= 0.6 is 0 Å². The van der Waals surface area contributed by atoms with Gasteiger partial charge in [0.2, 0.25) is 0 Å². The zero-order valence-electron chi connectivity index (χ0n) is 13.3. The van der Waals surface area contributed by atoms with Gasteiger partial charge in [0.15, 0.2) is 6.61 Å². The van der Waals surface area contributed by atoms with E-state index in [1.165, 1.54) is 0 Å². The van der Waals surface area contributed by atoms with Crippen molar-refractivity contribution in [1.29, 1.82) is 0 Å². The molecular weight excluding hydrogens is 318 g/mol. The van der Waals surface area contributed by atoms with Crippen molar-refractivity contribution < 1.29 is 34.0 Å². The van der Waals surface area contributed by atoms with Crippen LogP contribution in [0.5, 0.6) is 5.75 Å². The lowest BCUT2D eigenvalue weighted by atomic mass is 10.1. The first-order chi connectivity index (χ1) is 11.6. The molecule has 8 heteroatoms. The van der Waals surface area contributed by atoms with Crippen LogP contribution in [0, 0.1) is 6.92 Å². The predicted molar refractivity (Wildman–Crippen MR) is 82.8 cm³/mol. The Balaban J connectivity index is 0.000000647. The van der Waals surface area contributed by atoms with E-state index in [4.69, 9.17) is 24.1 Å². The average molecular weight is 339 g/mol. The highest BCUT2D eigenvalue weighted by Crippen LogP contribution is 2.26. The smallest absolute Gasteiger partial charge is 0.290 e. The van der Waals surface area contributed by atoms with Crippen LogP contribution in [0.3, 0.4) is 0 Å². The molecule has 2 heterocycles. The second-order valence-electron chi connectivity index (χ2n) is 5.50. The Bertz CT molecular complexity index is 565. The Kier molecular flexibility index (Phi) is 6.53. The van der Waals surface area contributed by atoms with Gasteiger partial charge in [-0.05, 0) is 18.6 Å². The monoisotopic (exact) mass is 339 g/mol. The second kappa shape index (κ2) is 8.62. The molecule has 3 N–H and O–H groups in total. The summed E-state index contributed by atoms with van der Waals surface area (Å²) >= 11 is 0. The molecular formula is C16H21NO7. The van der Waals surface area contributed by atoms with Gasteiger partial charge in [-0.1, -0.05) is 18.2 Å². The Hall–Kier alpha value is -2.16. The maximum atomic E-state index is 11.9. The number of amides is 1. The lowest BCUT2D eigenvalue weighted by Gasteiger charge is -2.17. The van der Waals surface area contributed by atoms with E-state index in [9.17, 15) is 9.90 Å². The number of carbonyl (C=O) groups excluding carboxylic acids is 1. The number of rotatable bonds is 4. The van der Waals surface area contributed by atoms with Crippen molar-refractivity contribution in [2.75, 3.05) is 19.8 Å². The molecule has 4 atom stereocenters. The van der Waals surface area contributed by atoms with Crippen molar-refractivity contribution in [2.24, 2.45) is 0 Å². The van der Waals surface area contributed by atoms with Gasteiger partial charge >= 0.3 is 0 Å². The normalized spacial score (nSPS) is 27.6. The fourth-order valence-corrected chi connectivity index (χ4v) is 2.71. The minimum Gasteiger partial charge on any atom is -0.484 e. The summed E-state index contributed by atoms with van der Waals surface area (Å²) in [6, 6.07) is 7.30. The van der Waals surface area contributed by atoms with Crippen molar-refractivity contribution in [3.8, 4) is 5.75 Å². The SMILES string of the molecule is Cc1ccccc1OCC(=O)N[C@@H]1CO[C@H]2[C@@H]1OC[C@H]2O.O=CO. The topological polar surface area (TPSA) is 114 Å². The number of aliphatic hydroxyl groups excluding tert-OH is 1. The van der Waals surface area contributed by atoms with Gasteiger partial charge in [0.25, 0.3) is 12.4 Å². The summed E-state index contributed by atoms with van der Waals surface area (Å²) in [5.41, 5.74) is 0.983. The van der Waals surface area contributed by atoms with E-state index in [-0.39, 0.29) is 43.8 Å². The van der Waals surface area contributed by atoms with Crippen molar-refractivity contribution in [2.45, 2.75) is 31.3 Å². The number of aryl methyl sites for hydroxylation is 1. The van der Waals surface area contributed by atoms with E-state index < -0.39 is 6.10 Å². The lowest BCUT2D eigenvalue weighted by molar-refractivity contribution is -0.124. The highest BCUT2D eigenvalue weighted by Gasteiger charge is 2.47. The Morgan fingerprint density at radius 1 is 1.33 bits per heavy atom. The zero-order valence-corrected chi connectivity index (χ0v) is 13.3. The van der Waals surface area contributed by atoms with E-state index in [2.05, 4.69) is 5.32 Å². The number of nitrogens with one attached hydrogen (secondary N) is 1. The molecule has 0 saturated carbocycles. The maximum Gasteiger partial charge on any atom is 0.290 e. The maximum absolute atomic E-state index is 11.9. The zero-order chi connectivity index (χ0) is 17.5. The van der Waals surface area contributed by atoms with Gasteiger partial charge in [-0.25, -0.2) is 0 Å². The average Bonchev–Trinajstić information content (AvgIpc) is 3.11. The van der Waals surface area contributed by atoms with Crippen molar-refractivity contribution in [3.05, 3.63) is 29.8 Å². The Labute approximate surface area is 139 Å². The molecule has 3 rings (SSSR count). The summed E-state index contributed by atoms with van der Waals surface area (Å²) in [6.45, 7) is 2.22. The summed E-state index contributed by atoms with van der Waals surface area (Å²) in [6.07, 6.45) is -1.23. The molecule has 0 unspecified atom stereocenters. The molecule has 0 spiro atoms. The molecule has 2 aliphatic heterocycles. The molecule has 2 saturated heterocycles. The highest BCUT2D eigenvalue weighted by molar-refractivity contribution is 5.78. The first-order valence-corrected chi connectivity index (χ1v) is 7.53. The molecule has 1 aromatic rings. The standard InChI is InChI=1S/C15H19NO5.CH2O2/c1-9-4-2-3-5-12(9)19-8-13(18)16-10-6-20-15-11(17)7-21-14(10)15;2-1-3/h2-5,10-11,14-15,17H,6-8H2,1H3,(H,16,18);1H,(H,2,3)/t10-,11-,14-,15-;/m1./s1. The van der Waals surface area contributed by atoms with Gasteiger partial charge < -0.3 is 29.7 Å². The summed E-state index contributed by atoms with van der Waals surface area (Å²) in [5, 5.41) is 19.4. The first-order valence-electron chi connectivity index (χ1n) is 7.53. The lowest BCUT2D eigenvalue weighted by Crippen LogP contribution is -2.45. The molecule has 132 valence electrons. The molecule has 0 aliphatic carbocycles. The third-order valence-electron chi connectivity index (χ3n) is 3.83. The fraction of sp³-hybridized carbons (Fsp3) is 0.500. The van der Waals surface area contributed by atoms with Crippen LogP contribution in [0.4, 0.5) is 0 Å². The highest BCUT2D eigenvalue weighted by atomic mass is 16.6. The third kappa shape index (κ3) is 4.44. The number of carboxylic acid groups (broad SMARTS) is 1. The van der Waals surface area contributed by atoms with E-state index >= 15 is 0 Å². The van der Waals surface area contributed by atoms with Crippen LogP contribution in [0.1, 0.15) is 5.56 Å². The Morgan fingerprint density at radius 2 is 2.00 bits per heavy atom. The van der Waals surface area contributed by atoms with E-state index in [1.54, 1.807) is 0 Å². The van der Waals surface area contributed by atoms with Gasteiger partial charge in [-0.15, -0.1) is 0 Å². The van der Waals surface area contributed by atoms with Crippen molar-refractivity contribution in [1.82, 2.24) is 5.32 Å². The van der Waals surface area contributed by atoms with Gasteiger partial charge in [-0.2, -0.15) is 0 Å². The third-order valence-corrected chi connectivity index (χ3v) is 3.83. The van der Waals surface area contributed by atoms with Crippen LogP contribution in [0.15, 0.2) is 24.3 Å². The number of ether oxygens (including phenoxy) is 3. The molecule has 1 aromatic carbocycles. The number of hydrogen-bond donors (Lipinski definition) is 3. The molecule has 8 nitrogen and oxygen atoms in total. The predicted octanol–water partition coefficient (Wildman–Crippen LogP) is -0.282. The van der Waals surface area contributed by atoms with Crippen LogP contribution in [0.25, 0.3) is 0 Å². The molecule has 2 aliphatic rings. The van der Waals surface area contributed by atoms with E-state index in [1.807, 2.05) is 31.2 Å². The molecule has 0 aromatic heterocycles. The van der Waals surface area contributed by atoms with Crippen LogP contribution in [-0.2, 0) is 19.1 Å². The summed E-state index contributed by atoms with van der Waals surface area (Å²) in [7, 11) is 0. The number of aliphatic hydroxyl groups is 1. The van der Waals surface area contributed by atoms with Crippen LogP contribution in [-0.4, -0.2) is 66.8 Å². The minimum atomic E-state index is -0.611. The molecule has 0 bridgehead atoms. The second-order valence-corrected chi connectivity index (χ2v) is 5.50. The fourth-order valence-electron chi connectivity index (χ4n) is 2.71. The van der Waals surface area contributed by atoms with Gasteiger partial charge in [-0.3, -0.25) is 9.59 Å². The van der Waals surface area contributed by atoms with E-state index in [0.29, 0.717) is 12.4 Å². The summed E-state index contributed by atoms with van der Waals surface area (Å²) in [5.74, 6) is 0.471. The number of para-hydroxylation sites is 1. The van der Waals surface area contributed by atoms with Crippen LogP contribution in [0.2, 0.25) is 0 Å². The number of hydrogen-bond acceptors (Lipinski definition) is 6. The summed E-state index contributed by atoms with van der Waals surface area (Å²) in [4.78, 5) is 20.3. The number of fused-ring (bicyclic) bond motifs is 1. The quantitative estimate of drug-likeness (QED) is 0.646. The number of carbonyl (C=O) groups is 2. The van der Waals surface area contributed by atoms with Gasteiger partial charge in [0.05, 0.1) is 19.3 Å². The van der Waals surface area contributed by atoms with Gasteiger partial charge in [0.1, 0.15) is 24.1 Å². The minimum absolute atomic E-state index is 0.0543. The van der Waals surface area contributed by atoms with Gasteiger partial charge in [0, 0.05) is 0 Å². The first kappa shape index (κ1) is 18.2. The molecule has 0 radical (unpaired) electrons. The van der Waals surface area contributed by atoms with Crippen molar-refractivity contribution in [3.63, 3.8) is 0 Å². The van der Waals surface area contributed by atoms with Crippen molar-refractivity contribution >= 4 is 12.4 Å².